The first-order valence-electron chi connectivity index (χ1n) is 6.80. The van der Waals surface area contributed by atoms with E-state index in [-0.39, 0.29) is 0 Å². The largest absolute Gasteiger partial charge is 0.313 e. The molecule has 1 unspecified atom stereocenters. The Morgan fingerprint density at radius 3 is 2.72 bits per heavy atom. The summed E-state index contributed by atoms with van der Waals surface area (Å²) in [6.45, 7) is 6.24. The molecule has 1 aliphatic heterocycles. The van der Waals surface area contributed by atoms with Crippen LogP contribution in [0.4, 0.5) is 0 Å². The van der Waals surface area contributed by atoms with Gasteiger partial charge in [0.25, 0.3) is 0 Å². The van der Waals surface area contributed by atoms with Crippen molar-refractivity contribution >= 4 is 10.0 Å². The quantitative estimate of drug-likeness (QED) is 0.682. The Labute approximate surface area is 112 Å². The monoisotopic (exact) mass is 277 g/mol. The Balaban J connectivity index is 2.18. The van der Waals surface area contributed by atoms with Crippen molar-refractivity contribution in [3.05, 3.63) is 0 Å². The number of likely N-dealkylation sites (N-methyl/N-ethyl adjacent to an activating group) is 1. The number of nitrogens with zero attached hydrogens (tertiary/aromatic N) is 2. The Morgan fingerprint density at radius 2 is 2.17 bits per heavy atom. The first kappa shape index (κ1) is 15.9. The summed E-state index contributed by atoms with van der Waals surface area (Å²) in [5, 5.41) is 3.52. The molecule has 1 atom stereocenters. The van der Waals surface area contributed by atoms with Crippen LogP contribution in [-0.4, -0.2) is 69.7 Å². The van der Waals surface area contributed by atoms with Gasteiger partial charge in [-0.15, -0.1) is 0 Å². The van der Waals surface area contributed by atoms with E-state index in [1.807, 2.05) is 6.92 Å². The van der Waals surface area contributed by atoms with E-state index in [0.717, 1.165) is 19.5 Å². The Hall–Kier alpha value is -0.170. The van der Waals surface area contributed by atoms with Gasteiger partial charge in [0.15, 0.2) is 0 Å². The summed E-state index contributed by atoms with van der Waals surface area (Å²) >= 11 is 0. The van der Waals surface area contributed by atoms with Crippen molar-refractivity contribution in [2.75, 3.05) is 46.0 Å². The fraction of sp³-hybridized carbons (Fsp3) is 1.00. The maximum Gasteiger partial charge on any atom is 0.211 e. The fourth-order valence-electron chi connectivity index (χ4n) is 2.45. The zero-order chi connectivity index (χ0) is 13.6. The van der Waals surface area contributed by atoms with E-state index in [1.54, 1.807) is 0 Å². The van der Waals surface area contributed by atoms with Gasteiger partial charge in [0.2, 0.25) is 10.0 Å². The molecule has 0 amide bonds. The predicted molar refractivity (Wildman–Crippen MR) is 75.2 cm³/mol. The van der Waals surface area contributed by atoms with Gasteiger partial charge in [-0.3, -0.25) is 0 Å². The molecule has 0 saturated carbocycles. The second-order valence-corrected chi connectivity index (χ2v) is 7.15. The smallest absolute Gasteiger partial charge is 0.211 e. The summed E-state index contributed by atoms with van der Waals surface area (Å²) in [7, 11) is -0.883. The molecular formula is C12H27N3O2S. The van der Waals surface area contributed by atoms with Crippen LogP contribution in [0.25, 0.3) is 0 Å². The standard InChI is InChI=1S/C12H27N3O2S/c1-4-15(18(3,16)17)10-6-8-13-12-7-5-9-14(2)11-12/h12-13H,4-11H2,1-3H3. The fourth-order valence-corrected chi connectivity index (χ4v) is 3.38. The molecule has 1 fully saturated rings. The van der Waals surface area contributed by atoms with Crippen LogP contribution in [0.5, 0.6) is 0 Å². The van der Waals surface area contributed by atoms with Crippen molar-refractivity contribution in [3.63, 3.8) is 0 Å². The molecule has 0 aromatic rings. The second kappa shape index (κ2) is 7.43. The maximum atomic E-state index is 11.4. The molecule has 0 aromatic heterocycles. The number of hydrogen-bond acceptors (Lipinski definition) is 4. The molecule has 1 N–H and O–H groups in total. The first-order valence-corrected chi connectivity index (χ1v) is 8.65. The van der Waals surface area contributed by atoms with Crippen LogP contribution >= 0.6 is 0 Å². The van der Waals surface area contributed by atoms with E-state index in [9.17, 15) is 8.42 Å². The topological polar surface area (TPSA) is 52.6 Å². The average Bonchev–Trinajstić information content (AvgIpc) is 2.27. The number of rotatable bonds is 7. The highest BCUT2D eigenvalue weighted by Gasteiger charge is 2.17. The van der Waals surface area contributed by atoms with Gasteiger partial charge in [-0.1, -0.05) is 6.92 Å². The van der Waals surface area contributed by atoms with Crippen LogP contribution in [0, 0.1) is 0 Å². The molecule has 0 aromatic carbocycles. The molecule has 0 spiro atoms. The molecule has 0 bridgehead atoms. The van der Waals surface area contributed by atoms with Crippen molar-refractivity contribution in [2.24, 2.45) is 0 Å². The molecule has 1 heterocycles. The van der Waals surface area contributed by atoms with E-state index in [1.165, 1.54) is 29.9 Å². The summed E-state index contributed by atoms with van der Waals surface area (Å²) in [5.41, 5.74) is 0. The summed E-state index contributed by atoms with van der Waals surface area (Å²) in [5.74, 6) is 0. The van der Waals surface area contributed by atoms with E-state index in [4.69, 9.17) is 0 Å². The van der Waals surface area contributed by atoms with Gasteiger partial charge in [-0.25, -0.2) is 12.7 Å². The van der Waals surface area contributed by atoms with Crippen molar-refractivity contribution in [1.82, 2.24) is 14.5 Å². The maximum absolute atomic E-state index is 11.4. The van der Waals surface area contributed by atoms with Gasteiger partial charge in [-0.2, -0.15) is 0 Å². The van der Waals surface area contributed by atoms with Gasteiger partial charge in [0.05, 0.1) is 6.26 Å². The lowest BCUT2D eigenvalue weighted by Crippen LogP contribution is -2.44. The lowest BCUT2D eigenvalue weighted by molar-refractivity contribution is 0.226. The molecule has 1 rings (SSSR count). The minimum atomic E-state index is -3.03. The SMILES string of the molecule is CCN(CCCNC1CCCN(C)C1)S(C)(=O)=O. The van der Waals surface area contributed by atoms with Gasteiger partial charge in [-0.05, 0) is 39.4 Å². The van der Waals surface area contributed by atoms with Crippen LogP contribution in [0.1, 0.15) is 26.2 Å². The van der Waals surface area contributed by atoms with Crippen molar-refractivity contribution in [1.29, 1.82) is 0 Å². The van der Waals surface area contributed by atoms with Gasteiger partial charge >= 0.3 is 0 Å². The highest BCUT2D eigenvalue weighted by Crippen LogP contribution is 2.07. The zero-order valence-electron chi connectivity index (χ0n) is 11.9. The molecule has 1 aliphatic rings. The third-order valence-corrected chi connectivity index (χ3v) is 4.84. The lowest BCUT2D eigenvalue weighted by Gasteiger charge is -2.30. The van der Waals surface area contributed by atoms with Crippen molar-refractivity contribution in [2.45, 2.75) is 32.2 Å². The van der Waals surface area contributed by atoms with E-state index in [0.29, 0.717) is 19.1 Å². The third-order valence-electron chi connectivity index (χ3n) is 3.46. The van der Waals surface area contributed by atoms with E-state index >= 15 is 0 Å². The Bertz CT molecular complexity index is 332. The predicted octanol–water partition coefficient (Wildman–Crippen LogP) is 0.342. The molecule has 6 heteroatoms. The Kier molecular flexibility index (Phi) is 6.55. The summed E-state index contributed by atoms with van der Waals surface area (Å²) in [4.78, 5) is 2.34. The average molecular weight is 277 g/mol. The normalized spacial score (nSPS) is 22.6. The summed E-state index contributed by atoms with van der Waals surface area (Å²) in [6.07, 6.45) is 4.63. The number of nitrogens with one attached hydrogen (secondary N) is 1. The number of piperidine rings is 1. The van der Waals surface area contributed by atoms with Crippen LogP contribution in [-0.2, 0) is 10.0 Å². The number of sulfonamides is 1. The molecule has 0 aliphatic carbocycles. The first-order chi connectivity index (χ1) is 8.43. The van der Waals surface area contributed by atoms with Crippen molar-refractivity contribution in [3.8, 4) is 0 Å². The van der Waals surface area contributed by atoms with E-state index < -0.39 is 10.0 Å². The molecule has 0 radical (unpaired) electrons. The number of hydrogen-bond donors (Lipinski definition) is 1. The van der Waals surface area contributed by atoms with Crippen LogP contribution < -0.4 is 5.32 Å². The van der Waals surface area contributed by atoms with Crippen molar-refractivity contribution < 1.29 is 8.42 Å². The zero-order valence-corrected chi connectivity index (χ0v) is 12.7. The molecule has 108 valence electrons. The van der Waals surface area contributed by atoms with Crippen LogP contribution in [0.2, 0.25) is 0 Å². The molecular weight excluding hydrogens is 250 g/mol. The number of likely N-dealkylation sites (tertiary alicyclic amines) is 1. The molecule has 18 heavy (non-hydrogen) atoms. The van der Waals surface area contributed by atoms with Crippen LogP contribution in [0.3, 0.4) is 0 Å². The minimum Gasteiger partial charge on any atom is -0.313 e. The lowest BCUT2D eigenvalue weighted by atomic mass is 10.1. The minimum absolute atomic E-state index is 0.561. The Morgan fingerprint density at radius 1 is 1.44 bits per heavy atom. The molecule has 1 saturated heterocycles. The van der Waals surface area contributed by atoms with Gasteiger partial charge < -0.3 is 10.2 Å². The highest BCUT2D eigenvalue weighted by molar-refractivity contribution is 7.88. The third kappa shape index (κ3) is 5.65. The van der Waals surface area contributed by atoms with Gasteiger partial charge in [0.1, 0.15) is 0 Å². The van der Waals surface area contributed by atoms with Gasteiger partial charge in [0, 0.05) is 25.7 Å². The van der Waals surface area contributed by atoms with Crippen LogP contribution in [0.15, 0.2) is 0 Å². The summed E-state index contributed by atoms with van der Waals surface area (Å²) < 4.78 is 24.3. The highest BCUT2D eigenvalue weighted by atomic mass is 32.2. The summed E-state index contributed by atoms with van der Waals surface area (Å²) in [6, 6.07) is 0.567. The molecule has 5 nitrogen and oxygen atoms in total. The van der Waals surface area contributed by atoms with E-state index in [2.05, 4.69) is 17.3 Å². The second-order valence-electron chi connectivity index (χ2n) is 5.16.